The van der Waals surface area contributed by atoms with Crippen molar-refractivity contribution in [3.05, 3.63) is 23.3 Å². The third-order valence-electron chi connectivity index (χ3n) is 8.82. The van der Waals surface area contributed by atoms with Crippen LogP contribution in [0.5, 0.6) is 0 Å². The number of rotatable bonds is 7. The lowest BCUT2D eigenvalue weighted by Gasteiger charge is -2.55. The molecule has 3 rings (SSSR count). The predicted molar refractivity (Wildman–Crippen MR) is 143 cm³/mol. The molecule has 0 saturated carbocycles. The quantitative estimate of drug-likeness (QED) is 0.204. The van der Waals surface area contributed by atoms with Gasteiger partial charge in [-0.25, -0.2) is 0 Å². The summed E-state index contributed by atoms with van der Waals surface area (Å²) in [5.74, 6) is -4.41. The first-order chi connectivity index (χ1) is 18.7. The number of carbonyl (C=O) groups excluding carboxylic acids is 4. The largest absolute Gasteiger partial charge is 0.462 e. The highest BCUT2D eigenvalue weighted by molar-refractivity contribution is 5.77. The first-order valence-electron chi connectivity index (χ1n) is 14.2. The molecule has 2 N–H and O–H groups in total. The predicted octanol–water partition coefficient (Wildman–Crippen LogP) is 3.32. The number of esters is 4. The van der Waals surface area contributed by atoms with Crippen molar-refractivity contribution in [3.63, 3.8) is 0 Å². The molecule has 2 aliphatic carbocycles. The highest BCUT2D eigenvalue weighted by Gasteiger charge is 2.66. The van der Waals surface area contributed by atoms with Crippen LogP contribution in [0.15, 0.2) is 23.3 Å². The van der Waals surface area contributed by atoms with Gasteiger partial charge in [0, 0.05) is 26.2 Å². The Morgan fingerprint density at radius 1 is 1.07 bits per heavy atom. The molecule has 1 heterocycles. The van der Waals surface area contributed by atoms with E-state index in [4.69, 9.17) is 18.9 Å². The normalized spacial score (nSPS) is 38.9. The minimum absolute atomic E-state index is 0.189. The van der Waals surface area contributed by atoms with E-state index in [9.17, 15) is 29.4 Å². The van der Waals surface area contributed by atoms with Crippen molar-refractivity contribution in [3.8, 4) is 0 Å². The van der Waals surface area contributed by atoms with E-state index in [2.05, 4.69) is 0 Å². The van der Waals surface area contributed by atoms with E-state index >= 15 is 0 Å². The molecule has 3 aliphatic rings. The minimum Gasteiger partial charge on any atom is -0.462 e. The molecule has 4 unspecified atom stereocenters. The zero-order chi connectivity index (χ0) is 30.0. The van der Waals surface area contributed by atoms with Crippen molar-refractivity contribution in [1.29, 1.82) is 0 Å². The molecule has 10 nitrogen and oxygen atoms in total. The Labute approximate surface area is 236 Å². The minimum atomic E-state index is -2.04. The van der Waals surface area contributed by atoms with E-state index in [-0.39, 0.29) is 12.8 Å². The highest BCUT2D eigenvalue weighted by Crippen LogP contribution is 2.54. The Kier molecular flexibility index (Phi) is 9.88. The average molecular weight is 565 g/mol. The molecule has 0 radical (unpaired) electrons. The molecule has 9 atom stereocenters. The molecular weight excluding hydrogens is 520 g/mol. The summed E-state index contributed by atoms with van der Waals surface area (Å²) in [7, 11) is 0. The van der Waals surface area contributed by atoms with Crippen molar-refractivity contribution in [2.24, 2.45) is 17.3 Å². The van der Waals surface area contributed by atoms with Crippen LogP contribution >= 0.6 is 0 Å². The molecule has 224 valence electrons. The number of hydrogen-bond donors (Lipinski definition) is 2. The second-order valence-electron chi connectivity index (χ2n) is 11.8. The Morgan fingerprint density at radius 3 is 2.33 bits per heavy atom. The number of ether oxygens (including phenoxy) is 4. The van der Waals surface area contributed by atoms with Gasteiger partial charge in [0.2, 0.25) is 0 Å². The zero-order valence-electron chi connectivity index (χ0n) is 24.6. The number of allylic oxidation sites excluding steroid dienone is 1. The lowest BCUT2D eigenvalue weighted by molar-refractivity contribution is -0.221. The second kappa shape index (κ2) is 12.4. The summed E-state index contributed by atoms with van der Waals surface area (Å²) in [4.78, 5) is 50.3. The molecule has 40 heavy (non-hydrogen) atoms. The molecule has 0 bridgehead atoms. The monoisotopic (exact) mass is 564 g/mol. The Morgan fingerprint density at radius 2 is 1.73 bits per heavy atom. The van der Waals surface area contributed by atoms with Gasteiger partial charge in [-0.3, -0.25) is 19.2 Å². The van der Waals surface area contributed by atoms with E-state index in [1.807, 2.05) is 13.8 Å². The number of aliphatic hydroxyl groups is 2. The maximum Gasteiger partial charge on any atom is 0.312 e. The smallest absolute Gasteiger partial charge is 0.312 e. The van der Waals surface area contributed by atoms with E-state index in [0.29, 0.717) is 18.4 Å². The summed E-state index contributed by atoms with van der Waals surface area (Å²) < 4.78 is 23.1. The summed E-state index contributed by atoms with van der Waals surface area (Å²) >= 11 is 0. The standard InChI is InChI=1S/C30H44O10/c1-8-9-10-11-24(33)39-22-13-12-16(2)14-23-30(36,18(4)28(35)40-23)26(34)25-17(3)15-21(37-19(5)31)27(29(22,25)7)38-20(6)32/h14-15,18,21-23,25-27,34,36H,8-13H2,1-7H3/b16-14-/t18-,21?,22?,23-,25+,26?,27-,29?,30-/m0/s1. The fourth-order valence-electron chi connectivity index (χ4n) is 6.65. The van der Waals surface area contributed by atoms with Gasteiger partial charge in [-0.05, 0) is 52.2 Å². The molecule has 1 aliphatic heterocycles. The van der Waals surface area contributed by atoms with Crippen LogP contribution in [0.3, 0.4) is 0 Å². The van der Waals surface area contributed by atoms with Crippen LogP contribution in [0.4, 0.5) is 0 Å². The molecule has 0 amide bonds. The van der Waals surface area contributed by atoms with E-state index in [1.54, 1.807) is 26.0 Å². The number of unbranched alkanes of at least 4 members (excludes halogenated alkanes) is 2. The van der Waals surface area contributed by atoms with Crippen molar-refractivity contribution < 1.29 is 48.3 Å². The summed E-state index contributed by atoms with van der Waals surface area (Å²) in [5, 5.41) is 24.1. The molecule has 0 aromatic heterocycles. The van der Waals surface area contributed by atoms with E-state index < -0.39 is 77.2 Å². The number of carbonyl (C=O) groups is 4. The van der Waals surface area contributed by atoms with Crippen LogP contribution in [0.25, 0.3) is 0 Å². The molecule has 0 aromatic carbocycles. The lowest BCUT2D eigenvalue weighted by atomic mass is 9.55. The van der Waals surface area contributed by atoms with Gasteiger partial charge in [0.1, 0.15) is 11.7 Å². The van der Waals surface area contributed by atoms with Crippen LogP contribution in [0, 0.1) is 17.3 Å². The molecule has 0 aromatic rings. The van der Waals surface area contributed by atoms with Crippen LogP contribution in [-0.4, -0.2) is 70.2 Å². The van der Waals surface area contributed by atoms with Gasteiger partial charge in [0.25, 0.3) is 0 Å². The van der Waals surface area contributed by atoms with Gasteiger partial charge in [-0.15, -0.1) is 0 Å². The fraction of sp³-hybridized carbons (Fsp3) is 0.733. The van der Waals surface area contributed by atoms with Gasteiger partial charge in [0.15, 0.2) is 18.3 Å². The van der Waals surface area contributed by atoms with E-state index in [0.717, 1.165) is 18.4 Å². The van der Waals surface area contributed by atoms with Gasteiger partial charge in [0.05, 0.1) is 17.4 Å². The Hall–Kier alpha value is -2.72. The fourth-order valence-corrected chi connectivity index (χ4v) is 6.65. The average Bonchev–Trinajstić information content (AvgIpc) is 3.07. The summed E-state index contributed by atoms with van der Waals surface area (Å²) in [5.41, 5.74) is -2.14. The van der Waals surface area contributed by atoms with Gasteiger partial charge < -0.3 is 29.2 Å². The highest BCUT2D eigenvalue weighted by atomic mass is 16.6. The second-order valence-corrected chi connectivity index (χ2v) is 11.8. The Balaban J connectivity index is 2.25. The summed E-state index contributed by atoms with van der Waals surface area (Å²) in [6.45, 7) is 11.2. The number of fused-ring (bicyclic) bond motifs is 2. The van der Waals surface area contributed by atoms with Crippen LogP contribution in [0.2, 0.25) is 0 Å². The van der Waals surface area contributed by atoms with Crippen LogP contribution in [0.1, 0.15) is 87.0 Å². The van der Waals surface area contributed by atoms with Crippen molar-refractivity contribution >= 4 is 23.9 Å². The topological polar surface area (TPSA) is 146 Å². The molecule has 1 saturated heterocycles. The molecule has 0 spiro atoms. The molecule has 10 heteroatoms. The number of aliphatic hydroxyl groups excluding tert-OH is 1. The van der Waals surface area contributed by atoms with Crippen molar-refractivity contribution in [2.45, 2.75) is 123 Å². The first-order valence-corrected chi connectivity index (χ1v) is 14.2. The maximum atomic E-state index is 13.1. The van der Waals surface area contributed by atoms with Crippen LogP contribution in [-0.2, 0) is 38.1 Å². The van der Waals surface area contributed by atoms with Gasteiger partial charge in [-0.2, -0.15) is 0 Å². The third kappa shape index (κ3) is 5.98. The van der Waals surface area contributed by atoms with Crippen molar-refractivity contribution in [2.75, 3.05) is 0 Å². The molecule has 1 fully saturated rings. The van der Waals surface area contributed by atoms with Crippen LogP contribution < -0.4 is 0 Å². The maximum absolute atomic E-state index is 13.1. The SMILES string of the molecule is CCCCCC(=O)OC1CC/C(C)=C\[C@@H]2OC(=O)[C@H](C)[C@@]2(O)C(O)[C@H]2C(C)=CC(OC(C)=O)[C@H](OC(C)=O)C12C. The summed E-state index contributed by atoms with van der Waals surface area (Å²) in [6.07, 6.45) is 0.659. The molecular formula is C30H44O10. The lowest BCUT2D eigenvalue weighted by Crippen LogP contribution is -2.66. The number of hydrogen-bond acceptors (Lipinski definition) is 10. The third-order valence-corrected chi connectivity index (χ3v) is 8.82. The first kappa shape index (κ1) is 31.8. The van der Waals surface area contributed by atoms with Crippen molar-refractivity contribution in [1.82, 2.24) is 0 Å². The summed E-state index contributed by atoms with van der Waals surface area (Å²) in [6, 6.07) is 0. The van der Waals surface area contributed by atoms with Gasteiger partial charge in [-0.1, -0.05) is 37.8 Å². The Bertz CT molecular complexity index is 1060. The van der Waals surface area contributed by atoms with Gasteiger partial charge >= 0.3 is 23.9 Å². The van der Waals surface area contributed by atoms with E-state index in [1.165, 1.54) is 20.8 Å². The zero-order valence-corrected chi connectivity index (χ0v) is 24.6.